The predicted molar refractivity (Wildman–Crippen MR) is 123 cm³/mol. The van der Waals surface area contributed by atoms with E-state index in [0.717, 1.165) is 72.9 Å². The van der Waals surface area contributed by atoms with Crippen molar-refractivity contribution in [1.82, 2.24) is 9.88 Å². The summed E-state index contributed by atoms with van der Waals surface area (Å²) in [6.45, 7) is 1.30. The highest BCUT2D eigenvalue weighted by Gasteiger charge is 2.28. The minimum Gasteiger partial charge on any atom is -0.452 e. The van der Waals surface area contributed by atoms with Crippen LogP contribution in [-0.2, 0) is 16.0 Å². The number of rotatable bonds is 4. The number of carbonyl (C=O) groups is 2. The molecule has 0 radical (unpaired) electrons. The highest BCUT2D eigenvalue weighted by Crippen LogP contribution is 2.38. The molecule has 0 N–H and O–H groups in total. The number of nitrogens with zero attached hydrogens (tertiary/aromatic N) is 2. The van der Waals surface area contributed by atoms with Crippen molar-refractivity contribution in [2.75, 3.05) is 19.7 Å². The molecule has 1 aliphatic heterocycles. The van der Waals surface area contributed by atoms with Crippen molar-refractivity contribution in [1.29, 1.82) is 0 Å². The van der Waals surface area contributed by atoms with Gasteiger partial charge >= 0.3 is 5.97 Å². The molecule has 2 aromatic heterocycles. The minimum absolute atomic E-state index is 0.110. The fraction of sp³-hybridized carbons (Fsp3) is 0.320. The van der Waals surface area contributed by atoms with E-state index in [0.29, 0.717) is 5.56 Å². The van der Waals surface area contributed by atoms with Crippen LogP contribution in [0.1, 0.15) is 52.2 Å². The molecule has 0 spiro atoms. The number of ether oxygens (including phenoxy) is 1. The number of thiophene rings is 1. The van der Waals surface area contributed by atoms with Gasteiger partial charge in [0.1, 0.15) is 0 Å². The summed E-state index contributed by atoms with van der Waals surface area (Å²) >= 11 is 1.69. The number of fused-ring (bicyclic) bond motifs is 2. The first-order valence-corrected chi connectivity index (χ1v) is 11.7. The molecule has 1 aliphatic carbocycles. The lowest BCUT2D eigenvalue weighted by Gasteiger charge is -2.26. The molecule has 0 bridgehead atoms. The number of benzene rings is 1. The summed E-state index contributed by atoms with van der Waals surface area (Å²) in [6.07, 6.45) is 6.93. The van der Waals surface area contributed by atoms with E-state index in [1.165, 1.54) is 4.88 Å². The van der Waals surface area contributed by atoms with Crippen molar-refractivity contribution in [3.05, 3.63) is 63.5 Å². The molecule has 3 heterocycles. The molecule has 0 atom stereocenters. The van der Waals surface area contributed by atoms with E-state index in [2.05, 4.69) is 17.5 Å². The van der Waals surface area contributed by atoms with E-state index < -0.39 is 5.97 Å². The van der Waals surface area contributed by atoms with Crippen LogP contribution in [0.4, 0.5) is 0 Å². The monoisotopic (exact) mass is 432 g/mol. The maximum atomic E-state index is 13.2. The van der Waals surface area contributed by atoms with Crippen LogP contribution in [0.3, 0.4) is 0 Å². The van der Waals surface area contributed by atoms with Crippen LogP contribution in [0, 0.1) is 0 Å². The van der Waals surface area contributed by atoms with Crippen LogP contribution in [0.15, 0.2) is 41.8 Å². The highest BCUT2D eigenvalue weighted by molar-refractivity contribution is 7.10. The molecule has 1 aromatic carbocycles. The molecular formula is C25H24N2O3S. The molecule has 5 nitrogen and oxygen atoms in total. The Morgan fingerprint density at radius 3 is 2.71 bits per heavy atom. The standard InChI is InChI=1S/C25H24N2O3S/c28-22(27-12-4-1-5-13-27)16-30-25(29)23-19-8-2-3-9-21(19)26-24-17(10-11-20(23)24)15-18-7-6-14-31-18/h2-3,6-9,14-15H,1,4-5,10-13,16H2/b17-15+. The average molecular weight is 433 g/mol. The molecule has 6 heteroatoms. The van der Waals surface area contributed by atoms with E-state index in [1.54, 1.807) is 16.2 Å². The van der Waals surface area contributed by atoms with Gasteiger partial charge in [0, 0.05) is 23.4 Å². The summed E-state index contributed by atoms with van der Waals surface area (Å²) in [5.74, 6) is -0.543. The first kappa shape index (κ1) is 19.9. The van der Waals surface area contributed by atoms with Gasteiger partial charge in [-0.15, -0.1) is 11.3 Å². The molecular weight excluding hydrogens is 408 g/mol. The van der Waals surface area contributed by atoms with Crippen LogP contribution in [-0.4, -0.2) is 41.5 Å². The van der Waals surface area contributed by atoms with Gasteiger partial charge in [0.15, 0.2) is 6.61 Å². The third-order valence-corrected chi connectivity index (χ3v) is 6.86. The van der Waals surface area contributed by atoms with Crippen LogP contribution >= 0.6 is 11.3 Å². The Labute approximate surface area is 185 Å². The lowest BCUT2D eigenvalue weighted by molar-refractivity contribution is -0.135. The lowest BCUT2D eigenvalue weighted by atomic mass is 10.0. The smallest absolute Gasteiger partial charge is 0.339 e. The number of hydrogen-bond acceptors (Lipinski definition) is 5. The topological polar surface area (TPSA) is 59.5 Å². The normalized spacial score (nSPS) is 17.2. The number of aromatic nitrogens is 1. The number of carbonyl (C=O) groups excluding carboxylic acids is 2. The first-order chi connectivity index (χ1) is 15.2. The van der Waals surface area contributed by atoms with E-state index in [4.69, 9.17) is 9.72 Å². The quantitative estimate of drug-likeness (QED) is 0.547. The summed E-state index contributed by atoms with van der Waals surface area (Å²) in [6, 6.07) is 11.8. The first-order valence-electron chi connectivity index (χ1n) is 10.8. The van der Waals surface area contributed by atoms with E-state index in [1.807, 2.05) is 30.3 Å². The van der Waals surface area contributed by atoms with Gasteiger partial charge in [0.05, 0.1) is 16.8 Å². The molecule has 0 saturated carbocycles. The van der Waals surface area contributed by atoms with E-state index >= 15 is 0 Å². The van der Waals surface area contributed by atoms with Crippen molar-refractivity contribution in [3.63, 3.8) is 0 Å². The van der Waals surface area contributed by atoms with E-state index in [-0.39, 0.29) is 12.5 Å². The van der Waals surface area contributed by atoms with Gasteiger partial charge < -0.3 is 9.64 Å². The van der Waals surface area contributed by atoms with Crippen molar-refractivity contribution in [3.8, 4) is 0 Å². The second kappa shape index (κ2) is 8.63. The second-order valence-corrected chi connectivity index (χ2v) is 9.01. The summed E-state index contributed by atoms with van der Waals surface area (Å²) in [5, 5.41) is 2.84. The number of allylic oxidation sites excluding steroid dienone is 1. The molecule has 158 valence electrons. The van der Waals surface area contributed by atoms with Gasteiger partial charge in [-0.05, 0) is 66.8 Å². The van der Waals surface area contributed by atoms with Crippen molar-refractivity contribution in [2.24, 2.45) is 0 Å². The molecule has 1 fully saturated rings. The van der Waals surface area contributed by atoms with Gasteiger partial charge in [0.25, 0.3) is 5.91 Å². The molecule has 2 aliphatic rings. The molecule has 0 unspecified atom stereocenters. The highest BCUT2D eigenvalue weighted by atomic mass is 32.1. The zero-order chi connectivity index (χ0) is 21.2. The largest absolute Gasteiger partial charge is 0.452 e. The van der Waals surface area contributed by atoms with Gasteiger partial charge in [-0.3, -0.25) is 4.79 Å². The SMILES string of the molecule is O=C(OCC(=O)N1CCCCC1)c1c2c(nc3ccccc13)/C(=C/c1cccs1)CC2. The zero-order valence-corrected chi connectivity index (χ0v) is 18.1. The molecule has 3 aromatic rings. The number of amides is 1. The maximum Gasteiger partial charge on any atom is 0.339 e. The van der Waals surface area contributed by atoms with Crippen molar-refractivity contribution < 1.29 is 14.3 Å². The second-order valence-electron chi connectivity index (χ2n) is 8.03. The van der Waals surface area contributed by atoms with Crippen LogP contribution in [0.25, 0.3) is 22.6 Å². The zero-order valence-electron chi connectivity index (χ0n) is 17.3. The van der Waals surface area contributed by atoms with Crippen molar-refractivity contribution >= 4 is 45.8 Å². The third-order valence-electron chi connectivity index (χ3n) is 6.04. The van der Waals surface area contributed by atoms with Crippen molar-refractivity contribution in [2.45, 2.75) is 32.1 Å². The fourth-order valence-electron chi connectivity index (χ4n) is 4.49. The number of likely N-dealkylation sites (tertiary alicyclic amines) is 1. The molecule has 1 saturated heterocycles. The predicted octanol–water partition coefficient (Wildman–Crippen LogP) is 4.95. The van der Waals surface area contributed by atoms with Gasteiger partial charge in [-0.2, -0.15) is 0 Å². The minimum atomic E-state index is -0.433. The van der Waals surface area contributed by atoms with Gasteiger partial charge in [-0.25, -0.2) is 9.78 Å². The van der Waals surface area contributed by atoms with Gasteiger partial charge in [-0.1, -0.05) is 24.3 Å². The Morgan fingerprint density at radius 1 is 1.06 bits per heavy atom. The summed E-state index contributed by atoms with van der Waals surface area (Å²) in [5.41, 5.74) is 4.27. The fourth-order valence-corrected chi connectivity index (χ4v) is 5.17. The molecule has 1 amide bonds. The van der Waals surface area contributed by atoms with Gasteiger partial charge in [0.2, 0.25) is 0 Å². The van der Waals surface area contributed by atoms with Crippen LogP contribution < -0.4 is 0 Å². The number of para-hydroxylation sites is 1. The summed E-state index contributed by atoms with van der Waals surface area (Å²) in [4.78, 5) is 33.5. The number of pyridine rings is 1. The Kier molecular flexibility index (Phi) is 5.55. The summed E-state index contributed by atoms with van der Waals surface area (Å²) in [7, 11) is 0. The maximum absolute atomic E-state index is 13.2. The Bertz CT molecular complexity index is 1160. The Hall–Kier alpha value is -2.99. The van der Waals surface area contributed by atoms with Crippen LogP contribution in [0.2, 0.25) is 0 Å². The molecule has 5 rings (SSSR count). The summed E-state index contributed by atoms with van der Waals surface area (Å²) < 4.78 is 5.54. The Morgan fingerprint density at radius 2 is 1.90 bits per heavy atom. The average Bonchev–Trinajstić information content (AvgIpc) is 3.47. The third kappa shape index (κ3) is 4.00. The number of piperidine rings is 1. The van der Waals surface area contributed by atoms with Crippen LogP contribution in [0.5, 0.6) is 0 Å². The number of hydrogen-bond donors (Lipinski definition) is 0. The Balaban J connectivity index is 1.46. The number of esters is 1. The molecule has 31 heavy (non-hydrogen) atoms. The van der Waals surface area contributed by atoms with E-state index in [9.17, 15) is 9.59 Å². The lowest BCUT2D eigenvalue weighted by Crippen LogP contribution is -2.38.